The number of benzene rings is 10. The van der Waals surface area contributed by atoms with Gasteiger partial charge in [0.15, 0.2) is 0 Å². The second kappa shape index (κ2) is 11.9. The zero-order valence-corrected chi connectivity index (χ0v) is 29.9. The Hall–Kier alpha value is -7.16. The minimum absolute atomic E-state index is 0.218. The molecular weight excluding hydrogens is 669 g/mol. The van der Waals surface area contributed by atoms with Crippen LogP contribution in [0.5, 0.6) is 11.5 Å². The van der Waals surface area contributed by atoms with Crippen LogP contribution in [0.15, 0.2) is 194 Å². The summed E-state index contributed by atoms with van der Waals surface area (Å²) in [4.78, 5) is 0. The van der Waals surface area contributed by atoms with E-state index in [1.807, 2.05) is 0 Å². The van der Waals surface area contributed by atoms with Gasteiger partial charge in [-0.1, -0.05) is 146 Å². The molecule has 11 rings (SSSR count). The molecule has 0 amide bonds. The zero-order chi connectivity index (χ0) is 36.7. The Labute approximate surface area is 318 Å². The number of fused-ring (bicyclic) bond motifs is 7. The quantitative estimate of drug-likeness (QED) is 0.179. The summed E-state index contributed by atoms with van der Waals surface area (Å²) in [5, 5.41) is 30.9. The van der Waals surface area contributed by atoms with Crippen LogP contribution in [0.3, 0.4) is 0 Å². The van der Waals surface area contributed by atoms with E-state index in [-0.39, 0.29) is 11.5 Å². The number of rotatable bonds is 4. The summed E-state index contributed by atoms with van der Waals surface area (Å²) < 4.78 is 0. The molecule has 10 aromatic rings. The van der Waals surface area contributed by atoms with Crippen molar-refractivity contribution in [1.82, 2.24) is 0 Å². The Morgan fingerprint density at radius 3 is 0.982 bits per heavy atom. The fourth-order valence-corrected chi connectivity index (χ4v) is 9.50. The Kier molecular flexibility index (Phi) is 6.80. The molecule has 55 heavy (non-hydrogen) atoms. The van der Waals surface area contributed by atoms with E-state index in [4.69, 9.17) is 0 Å². The first-order valence-corrected chi connectivity index (χ1v) is 18.8. The molecule has 0 unspecified atom stereocenters. The van der Waals surface area contributed by atoms with Crippen LogP contribution in [-0.4, -0.2) is 10.2 Å². The summed E-state index contributed by atoms with van der Waals surface area (Å²) in [5.41, 5.74) is 10.6. The zero-order valence-electron chi connectivity index (χ0n) is 29.9. The van der Waals surface area contributed by atoms with Crippen LogP contribution in [-0.2, 0) is 5.41 Å². The molecule has 2 nitrogen and oxygen atoms in total. The van der Waals surface area contributed by atoms with Crippen LogP contribution in [0.1, 0.15) is 22.3 Å². The van der Waals surface area contributed by atoms with Gasteiger partial charge in [0.1, 0.15) is 11.5 Å². The van der Waals surface area contributed by atoms with Gasteiger partial charge in [0, 0.05) is 0 Å². The molecule has 0 aromatic heterocycles. The molecule has 0 bridgehead atoms. The summed E-state index contributed by atoms with van der Waals surface area (Å²) in [7, 11) is 0. The topological polar surface area (TPSA) is 40.5 Å². The number of aromatic hydroxyl groups is 2. The van der Waals surface area contributed by atoms with Gasteiger partial charge in [0.2, 0.25) is 0 Å². The number of phenols is 2. The van der Waals surface area contributed by atoms with Crippen molar-refractivity contribution in [3.8, 4) is 44.9 Å². The lowest BCUT2D eigenvalue weighted by molar-refractivity contribution is 0.475. The standard InChI is InChI=1S/C53H34O2/c54-41-23-19-39(20-24-41)53(40-21-25-42(55)26-22-40)49-31-37(51-43-13-5-1-9-33(43)29-34-10-2-6-14-44(34)51)17-27-47(49)48-28-18-38(32-50(48)53)52-45-15-7-3-11-35(45)30-36-12-4-8-16-46(36)52/h1-32,54-55H. The first-order valence-electron chi connectivity index (χ1n) is 18.8. The van der Waals surface area contributed by atoms with Gasteiger partial charge >= 0.3 is 0 Å². The maximum atomic E-state index is 10.6. The van der Waals surface area contributed by atoms with Gasteiger partial charge in [-0.25, -0.2) is 0 Å². The van der Waals surface area contributed by atoms with Crippen LogP contribution >= 0.6 is 0 Å². The second-order valence-electron chi connectivity index (χ2n) is 14.8. The van der Waals surface area contributed by atoms with Crippen molar-refractivity contribution in [2.45, 2.75) is 5.41 Å². The van der Waals surface area contributed by atoms with Crippen molar-refractivity contribution >= 4 is 43.1 Å². The largest absolute Gasteiger partial charge is 0.508 e. The number of hydrogen-bond donors (Lipinski definition) is 2. The molecule has 0 spiro atoms. The molecule has 1 aliphatic rings. The average molecular weight is 703 g/mol. The Balaban J connectivity index is 1.26. The monoisotopic (exact) mass is 702 g/mol. The third-order valence-electron chi connectivity index (χ3n) is 11.9. The molecule has 258 valence electrons. The summed E-state index contributed by atoms with van der Waals surface area (Å²) in [6, 6.07) is 68.6. The Morgan fingerprint density at radius 2 is 0.636 bits per heavy atom. The lowest BCUT2D eigenvalue weighted by Gasteiger charge is -2.34. The molecule has 0 radical (unpaired) electrons. The minimum atomic E-state index is -0.779. The highest BCUT2D eigenvalue weighted by Gasteiger charge is 2.46. The van der Waals surface area contributed by atoms with E-state index in [9.17, 15) is 10.2 Å². The average Bonchev–Trinajstić information content (AvgIpc) is 3.52. The fourth-order valence-electron chi connectivity index (χ4n) is 9.50. The van der Waals surface area contributed by atoms with Crippen molar-refractivity contribution in [1.29, 1.82) is 0 Å². The highest BCUT2D eigenvalue weighted by atomic mass is 16.3. The molecule has 1 aliphatic carbocycles. The summed E-state index contributed by atoms with van der Waals surface area (Å²) >= 11 is 0. The van der Waals surface area contributed by atoms with Crippen molar-refractivity contribution in [3.63, 3.8) is 0 Å². The van der Waals surface area contributed by atoms with E-state index in [1.54, 1.807) is 24.3 Å². The SMILES string of the molecule is Oc1ccc(C2(c3ccc(O)cc3)c3cc(-c4c5ccccc5cc5ccccc45)ccc3-c3ccc(-c4c5ccccc5cc5ccccc45)cc32)cc1. The molecule has 0 heterocycles. The summed E-state index contributed by atoms with van der Waals surface area (Å²) in [6.45, 7) is 0. The van der Waals surface area contributed by atoms with Crippen molar-refractivity contribution < 1.29 is 10.2 Å². The normalized spacial score (nSPS) is 13.0. The molecule has 0 aliphatic heterocycles. The van der Waals surface area contributed by atoms with Crippen LogP contribution in [0.25, 0.3) is 76.5 Å². The lowest BCUT2D eigenvalue weighted by atomic mass is 9.67. The molecule has 2 heteroatoms. The van der Waals surface area contributed by atoms with E-state index in [0.717, 1.165) is 33.4 Å². The third kappa shape index (κ3) is 4.62. The van der Waals surface area contributed by atoms with E-state index in [0.29, 0.717) is 0 Å². The predicted molar refractivity (Wildman–Crippen MR) is 228 cm³/mol. The summed E-state index contributed by atoms with van der Waals surface area (Å²) in [6.07, 6.45) is 0. The highest BCUT2D eigenvalue weighted by molar-refractivity contribution is 6.14. The van der Waals surface area contributed by atoms with E-state index >= 15 is 0 Å². The fraction of sp³-hybridized carbons (Fsp3) is 0.0189. The van der Waals surface area contributed by atoms with Gasteiger partial charge in [0.05, 0.1) is 5.41 Å². The number of phenolic OH excluding ortho intramolecular Hbond substituents is 2. The highest BCUT2D eigenvalue weighted by Crippen LogP contribution is 2.58. The Morgan fingerprint density at radius 1 is 0.309 bits per heavy atom. The van der Waals surface area contributed by atoms with Crippen LogP contribution in [0.4, 0.5) is 0 Å². The van der Waals surface area contributed by atoms with Crippen LogP contribution in [0.2, 0.25) is 0 Å². The van der Waals surface area contributed by atoms with Crippen molar-refractivity contribution in [2.75, 3.05) is 0 Å². The van der Waals surface area contributed by atoms with Crippen LogP contribution in [0, 0.1) is 0 Å². The molecule has 2 N–H and O–H groups in total. The van der Waals surface area contributed by atoms with Crippen LogP contribution < -0.4 is 0 Å². The van der Waals surface area contributed by atoms with E-state index in [1.165, 1.54) is 65.3 Å². The summed E-state index contributed by atoms with van der Waals surface area (Å²) in [5.74, 6) is 0.435. The first kappa shape index (κ1) is 31.4. The lowest BCUT2D eigenvalue weighted by Crippen LogP contribution is -2.28. The smallest absolute Gasteiger partial charge is 0.115 e. The predicted octanol–water partition coefficient (Wildman–Crippen LogP) is 13.4. The molecule has 0 saturated heterocycles. The van der Waals surface area contributed by atoms with Crippen molar-refractivity contribution in [3.05, 3.63) is 216 Å². The molecule has 0 atom stereocenters. The van der Waals surface area contributed by atoms with Gasteiger partial charge in [-0.2, -0.15) is 0 Å². The maximum absolute atomic E-state index is 10.6. The second-order valence-corrected chi connectivity index (χ2v) is 14.8. The van der Waals surface area contributed by atoms with Gasteiger partial charge in [0.25, 0.3) is 0 Å². The van der Waals surface area contributed by atoms with E-state index < -0.39 is 5.41 Å². The van der Waals surface area contributed by atoms with Gasteiger partial charge in [-0.05, 0) is 147 Å². The van der Waals surface area contributed by atoms with Gasteiger partial charge in [-0.3, -0.25) is 0 Å². The molecule has 10 aromatic carbocycles. The van der Waals surface area contributed by atoms with Gasteiger partial charge < -0.3 is 10.2 Å². The third-order valence-corrected chi connectivity index (χ3v) is 11.9. The Bertz CT molecular complexity index is 2830. The van der Waals surface area contributed by atoms with E-state index in [2.05, 4.69) is 170 Å². The minimum Gasteiger partial charge on any atom is -0.508 e. The first-order chi connectivity index (χ1) is 27.1. The molecular formula is C53H34O2. The van der Waals surface area contributed by atoms with Gasteiger partial charge in [-0.15, -0.1) is 0 Å². The molecule has 0 fully saturated rings. The van der Waals surface area contributed by atoms with Crippen molar-refractivity contribution in [2.24, 2.45) is 0 Å². The maximum Gasteiger partial charge on any atom is 0.115 e. The number of hydrogen-bond acceptors (Lipinski definition) is 2. The molecule has 0 saturated carbocycles.